The average molecular weight is 422 g/mol. The lowest BCUT2D eigenvalue weighted by Gasteiger charge is -2.28. The van der Waals surface area contributed by atoms with Crippen LogP contribution in [0.5, 0.6) is 0 Å². The summed E-state index contributed by atoms with van der Waals surface area (Å²) in [6, 6.07) is 7.19. The van der Waals surface area contributed by atoms with E-state index in [0.717, 1.165) is 24.0 Å². The van der Waals surface area contributed by atoms with Gasteiger partial charge in [0.25, 0.3) is 0 Å². The largest absolute Gasteiger partial charge is 0.379 e. The van der Waals surface area contributed by atoms with E-state index in [4.69, 9.17) is 4.74 Å². The molecule has 2 N–H and O–H groups in total. The van der Waals surface area contributed by atoms with Crippen molar-refractivity contribution in [2.75, 3.05) is 38.2 Å². The van der Waals surface area contributed by atoms with Gasteiger partial charge in [0.1, 0.15) is 0 Å². The summed E-state index contributed by atoms with van der Waals surface area (Å²) in [6.45, 7) is 4.65. The minimum atomic E-state index is -3.45. The van der Waals surface area contributed by atoms with Crippen molar-refractivity contribution < 1.29 is 17.9 Å². The van der Waals surface area contributed by atoms with Crippen LogP contribution in [0.4, 0.5) is 5.95 Å². The summed E-state index contributed by atoms with van der Waals surface area (Å²) in [4.78, 5) is 17.4. The molecule has 0 bridgehead atoms. The van der Waals surface area contributed by atoms with Gasteiger partial charge in [0.05, 0.1) is 35.5 Å². The first kappa shape index (κ1) is 20.3. The molecule has 10 heteroatoms. The smallest absolute Gasteiger partial charge is 0.243 e. The number of benzene rings is 1. The molecule has 1 aromatic carbocycles. The molecular formula is C19H27N5O4S. The van der Waals surface area contributed by atoms with E-state index in [2.05, 4.69) is 22.5 Å². The van der Waals surface area contributed by atoms with Gasteiger partial charge in [0.15, 0.2) is 0 Å². The highest BCUT2D eigenvalue weighted by Crippen LogP contribution is 2.23. The number of ether oxygens (including phenoxy) is 1. The molecule has 4 rings (SSSR count). The summed E-state index contributed by atoms with van der Waals surface area (Å²) < 4.78 is 34.4. The zero-order valence-electron chi connectivity index (χ0n) is 16.5. The Labute approximate surface area is 170 Å². The van der Waals surface area contributed by atoms with Crippen LogP contribution >= 0.6 is 0 Å². The maximum absolute atomic E-state index is 12.9. The number of rotatable bonds is 6. The van der Waals surface area contributed by atoms with E-state index < -0.39 is 21.3 Å². The van der Waals surface area contributed by atoms with Crippen molar-refractivity contribution in [2.45, 2.75) is 37.6 Å². The molecule has 2 aliphatic heterocycles. The van der Waals surface area contributed by atoms with Gasteiger partial charge in [0.2, 0.25) is 21.9 Å². The molecule has 2 fully saturated rings. The molecule has 2 saturated heterocycles. The number of amides is 1. The van der Waals surface area contributed by atoms with Gasteiger partial charge in [0, 0.05) is 26.2 Å². The molecule has 158 valence electrons. The lowest BCUT2D eigenvalue weighted by Crippen LogP contribution is -2.45. The van der Waals surface area contributed by atoms with Crippen LogP contribution in [0.25, 0.3) is 11.0 Å². The van der Waals surface area contributed by atoms with E-state index in [1.54, 1.807) is 0 Å². The van der Waals surface area contributed by atoms with Crippen molar-refractivity contribution in [1.82, 2.24) is 19.2 Å². The number of aryl methyl sites for hydroxylation is 1. The van der Waals surface area contributed by atoms with Gasteiger partial charge in [-0.2, -0.15) is 4.31 Å². The molecule has 3 heterocycles. The minimum absolute atomic E-state index is 0.250. The number of nitrogens with zero attached hydrogens (tertiary/aromatic N) is 3. The summed E-state index contributed by atoms with van der Waals surface area (Å²) >= 11 is 0. The van der Waals surface area contributed by atoms with E-state index in [9.17, 15) is 13.2 Å². The Morgan fingerprint density at radius 2 is 2.07 bits per heavy atom. The van der Waals surface area contributed by atoms with Crippen LogP contribution in [-0.4, -0.2) is 72.3 Å². The molecule has 9 nitrogen and oxygen atoms in total. The van der Waals surface area contributed by atoms with E-state index in [1.807, 2.05) is 28.8 Å². The van der Waals surface area contributed by atoms with Crippen LogP contribution in [0, 0.1) is 0 Å². The van der Waals surface area contributed by atoms with Crippen LogP contribution < -0.4 is 10.6 Å². The summed E-state index contributed by atoms with van der Waals surface area (Å²) in [5.74, 6) is 0.247. The number of imidazole rings is 1. The van der Waals surface area contributed by atoms with Crippen LogP contribution in [-0.2, 0) is 26.1 Å². The standard InChI is InChI=1S/C19H27N5O4S/c1-2-7-24-17-6-4-3-5-15(17)21-19(24)22-18(25)16-12-14(13-20-16)29(26,27)23-8-10-28-11-9-23/h3-6,14,16,20H,2,7-13H2,1H3,(H,21,22,25). The van der Waals surface area contributed by atoms with Gasteiger partial charge in [-0.3, -0.25) is 10.1 Å². The Morgan fingerprint density at radius 1 is 1.31 bits per heavy atom. The van der Waals surface area contributed by atoms with Crippen molar-refractivity contribution in [2.24, 2.45) is 0 Å². The molecule has 29 heavy (non-hydrogen) atoms. The lowest BCUT2D eigenvalue weighted by molar-refractivity contribution is -0.117. The Hall–Kier alpha value is -2.01. The minimum Gasteiger partial charge on any atom is -0.379 e. The van der Waals surface area contributed by atoms with Gasteiger partial charge in [-0.1, -0.05) is 19.1 Å². The fourth-order valence-corrected chi connectivity index (χ4v) is 5.78. The topological polar surface area (TPSA) is 106 Å². The van der Waals surface area contributed by atoms with Gasteiger partial charge >= 0.3 is 0 Å². The molecule has 0 saturated carbocycles. The zero-order chi connectivity index (χ0) is 20.4. The highest BCUT2D eigenvalue weighted by molar-refractivity contribution is 7.89. The number of morpholine rings is 1. The number of carbonyl (C=O) groups is 1. The fraction of sp³-hybridized carbons (Fsp3) is 0.579. The number of hydrogen-bond acceptors (Lipinski definition) is 6. The number of carbonyl (C=O) groups excluding carboxylic acids is 1. The Kier molecular flexibility index (Phi) is 5.86. The normalized spacial score (nSPS) is 23.5. The average Bonchev–Trinajstić information content (AvgIpc) is 3.35. The van der Waals surface area contributed by atoms with Crippen LogP contribution in [0.1, 0.15) is 19.8 Å². The first-order valence-corrected chi connectivity index (χ1v) is 11.6. The molecule has 2 aliphatic rings. The van der Waals surface area contributed by atoms with Gasteiger partial charge in [-0.15, -0.1) is 0 Å². The van der Waals surface area contributed by atoms with Gasteiger partial charge < -0.3 is 14.6 Å². The summed E-state index contributed by atoms with van der Waals surface area (Å²) in [6.07, 6.45) is 1.16. The van der Waals surface area contributed by atoms with Crippen molar-refractivity contribution >= 4 is 32.9 Å². The molecule has 2 unspecified atom stereocenters. The molecule has 2 aromatic rings. The van der Waals surface area contributed by atoms with Crippen molar-refractivity contribution in [1.29, 1.82) is 0 Å². The maximum atomic E-state index is 12.9. The monoisotopic (exact) mass is 421 g/mol. The fourth-order valence-electron chi connectivity index (χ4n) is 3.96. The molecular weight excluding hydrogens is 394 g/mol. The predicted molar refractivity (Wildman–Crippen MR) is 110 cm³/mol. The van der Waals surface area contributed by atoms with Crippen LogP contribution in [0.15, 0.2) is 24.3 Å². The van der Waals surface area contributed by atoms with E-state index in [0.29, 0.717) is 32.3 Å². The first-order chi connectivity index (χ1) is 14.0. The van der Waals surface area contributed by atoms with Crippen molar-refractivity contribution in [3.05, 3.63) is 24.3 Å². The number of para-hydroxylation sites is 2. The molecule has 1 amide bonds. The van der Waals surface area contributed by atoms with Gasteiger partial charge in [-0.05, 0) is 25.0 Å². The van der Waals surface area contributed by atoms with E-state index >= 15 is 0 Å². The van der Waals surface area contributed by atoms with E-state index in [1.165, 1.54) is 4.31 Å². The molecule has 0 radical (unpaired) electrons. The third kappa shape index (κ3) is 4.02. The van der Waals surface area contributed by atoms with Crippen LogP contribution in [0.3, 0.4) is 0 Å². The van der Waals surface area contributed by atoms with Crippen LogP contribution in [0.2, 0.25) is 0 Å². The zero-order valence-corrected chi connectivity index (χ0v) is 17.3. The third-order valence-electron chi connectivity index (χ3n) is 5.49. The third-order valence-corrected chi connectivity index (χ3v) is 7.78. The Balaban J connectivity index is 1.46. The number of hydrogen-bond donors (Lipinski definition) is 2. The van der Waals surface area contributed by atoms with Crippen molar-refractivity contribution in [3.63, 3.8) is 0 Å². The summed E-state index contributed by atoms with van der Waals surface area (Å²) in [5, 5.41) is 5.37. The number of anilines is 1. The molecule has 2 atom stereocenters. The number of aromatic nitrogens is 2. The quantitative estimate of drug-likeness (QED) is 0.714. The van der Waals surface area contributed by atoms with Crippen molar-refractivity contribution in [3.8, 4) is 0 Å². The second-order valence-corrected chi connectivity index (χ2v) is 9.65. The SMILES string of the molecule is CCCn1c(NC(=O)C2CC(S(=O)(=O)N3CCOCC3)CN2)nc2ccccc21. The number of fused-ring (bicyclic) bond motifs is 1. The highest BCUT2D eigenvalue weighted by Gasteiger charge is 2.40. The predicted octanol–water partition coefficient (Wildman–Crippen LogP) is 0.777. The lowest BCUT2D eigenvalue weighted by atomic mass is 10.2. The maximum Gasteiger partial charge on any atom is 0.243 e. The summed E-state index contributed by atoms with van der Waals surface area (Å²) in [7, 11) is -3.45. The number of nitrogens with one attached hydrogen (secondary N) is 2. The highest BCUT2D eigenvalue weighted by atomic mass is 32.2. The van der Waals surface area contributed by atoms with Gasteiger partial charge in [-0.25, -0.2) is 13.4 Å². The second-order valence-electron chi connectivity index (χ2n) is 7.44. The Morgan fingerprint density at radius 3 is 2.83 bits per heavy atom. The molecule has 0 aliphatic carbocycles. The molecule has 0 spiro atoms. The molecule has 1 aromatic heterocycles. The van der Waals surface area contributed by atoms with E-state index in [-0.39, 0.29) is 18.9 Å². The second kappa shape index (κ2) is 8.39. The first-order valence-electron chi connectivity index (χ1n) is 10.1. The Bertz CT molecular complexity index is 984. The summed E-state index contributed by atoms with van der Waals surface area (Å²) in [5.41, 5.74) is 1.79. The number of sulfonamides is 1.